The Morgan fingerprint density at radius 2 is 2.00 bits per heavy atom. The molecular formula is C15H11BrN2O2. The lowest BCUT2D eigenvalue weighted by Gasteiger charge is -2.08. The summed E-state index contributed by atoms with van der Waals surface area (Å²) in [6.07, 6.45) is 0. The number of para-hydroxylation sites is 1. The van der Waals surface area contributed by atoms with E-state index in [0.29, 0.717) is 22.3 Å². The lowest BCUT2D eigenvalue weighted by atomic mass is 10.1. The molecule has 3 rings (SSSR count). The molecule has 0 atom stereocenters. The zero-order valence-electron chi connectivity index (χ0n) is 10.6. The zero-order valence-corrected chi connectivity index (χ0v) is 12.2. The van der Waals surface area contributed by atoms with Gasteiger partial charge in [-0.05, 0) is 36.8 Å². The summed E-state index contributed by atoms with van der Waals surface area (Å²) in [6, 6.07) is 10.5. The number of hydrogen-bond donors (Lipinski definition) is 2. The van der Waals surface area contributed by atoms with Crippen molar-refractivity contribution in [2.45, 2.75) is 6.92 Å². The number of aromatic hydroxyl groups is 1. The third-order valence-corrected chi connectivity index (χ3v) is 4.00. The molecule has 5 heteroatoms. The standard InChI is InChI=1S/C15H11BrN2O2/c1-8-6-13(19)10(7-11(8)16)14-17-12-5-3-2-4-9(12)15(20)18-14/h2-7,19H,1H3,(H,17,18,20). The summed E-state index contributed by atoms with van der Waals surface area (Å²) in [5.41, 5.74) is 1.78. The highest BCUT2D eigenvalue weighted by Gasteiger charge is 2.11. The summed E-state index contributed by atoms with van der Waals surface area (Å²) < 4.78 is 0.848. The second-order valence-corrected chi connectivity index (χ2v) is 5.40. The van der Waals surface area contributed by atoms with E-state index in [1.165, 1.54) is 0 Å². The fraction of sp³-hybridized carbons (Fsp3) is 0.0667. The van der Waals surface area contributed by atoms with E-state index in [0.717, 1.165) is 10.0 Å². The van der Waals surface area contributed by atoms with Gasteiger partial charge in [-0.3, -0.25) is 4.79 Å². The largest absolute Gasteiger partial charge is 0.507 e. The lowest BCUT2D eigenvalue weighted by molar-refractivity contribution is 0.476. The number of phenols is 1. The van der Waals surface area contributed by atoms with Crippen molar-refractivity contribution < 1.29 is 5.11 Å². The van der Waals surface area contributed by atoms with Crippen molar-refractivity contribution in [3.05, 3.63) is 56.8 Å². The van der Waals surface area contributed by atoms with Crippen LogP contribution in [0.15, 0.2) is 45.7 Å². The van der Waals surface area contributed by atoms with Gasteiger partial charge in [-0.15, -0.1) is 0 Å². The monoisotopic (exact) mass is 330 g/mol. The predicted molar refractivity (Wildman–Crippen MR) is 81.9 cm³/mol. The van der Waals surface area contributed by atoms with Crippen LogP contribution in [-0.2, 0) is 0 Å². The number of aromatic nitrogens is 2. The van der Waals surface area contributed by atoms with Gasteiger partial charge in [-0.1, -0.05) is 28.1 Å². The minimum atomic E-state index is -0.221. The van der Waals surface area contributed by atoms with Crippen molar-refractivity contribution in [1.29, 1.82) is 0 Å². The highest BCUT2D eigenvalue weighted by atomic mass is 79.9. The van der Waals surface area contributed by atoms with Crippen LogP contribution in [0.2, 0.25) is 0 Å². The molecule has 0 unspecified atom stereocenters. The van der Waals surface area contributed by atoms with Gasteiger partial charge < -0.3 is 10.1 Å². The summed E-state index contributed by atoms with van der Waals surface area (Å²) in [5.74, 6) is 0.441. The van der Waals surface area contributed by atoms with Gasteiger partial charge in [0.15, 0.2) is 0 Å². The normalized spacial score (nSPS) is 10.9. The number of phenolic OH excluding ortho intramolecular Hbond substituents is 1. The molecule has 0 amide bonds. The van der Waals surface area contributed by atoms with E-state index in [1.54, 1.807) is 30.3 Å². The Hall–Kier alpha value is -2.14. The Bertz CT molecular complexity index is 871. The van der Waals surface area contributed by atoms with Crippen LogP contribution in [0.4, 0.5) is 0 Å². The molecule has 2 aromatic carbocycles. The maximum atomic E-state index is 12.0. The van der Waals surface area contributed by atoms with Crippen molar-refractivity contribution in [1.82, 2.24) is 9.97 Å². The molecule has 3 aromatic rings. The van der Waals surface area contributed by atoms with Gasteiger partial charge in [0.1, 0.15) is 11.6 Å². The SMILES string of the molecule is Cc1cc(O)c(-c2nc3ccccc3c(=O)[nH]2)cc1Br. The first-order valence-corrected chi connectivity index (χ1v) is 6.84. The molecule has 100 valence electrons. The highest BCUT2D eigenvalue weighted by molar-refractivity contribution is 9.10. The predicted octanol–water partition coefficient (Wildman–Crippen LogP) is 3.37. The van der Waals surface area contributed by atoms with Crippen LogP contribution in [-0.4, -0.2) is 15.1 Å². The van der Waals surface area contributed by atoms with E-state index < -0.39 is 0 Å². The van der Waals surface area contributed by atoms with E-state index in [1.807, 2.05) is 13.0 Å². The smallest absolute Gasteiger partial charge is 0.259 e. The highest BCUT2D eigenvalue weighted by Crippen LogP contribution is 2.32. The van der Waals surface area contributed by atoms with Gasteiger partial charge in [0.05, 0.1) is 16.5 Å². The topological polar surface area (TPSA) is 66.0 Å². The maximum absolute atomic E-state index is 12.0. The molecule has 0 aliphatic heterocycles. The van der Waals surface area contributed by atoms with Crippen LogP contribution in [0.5, 0.6) is 5.75 Å². The van der Waals surface area contributed by atoms with Crippen molar-refractivity contribution in [2.24, 2.45) is 0 Å². The summed E-state index contributed by atoms with van der Waals surface area (Å²) in [4.78, 5) is 19.2. The number of nitrogens with one attached hydrogen (secondary N) is 1. The number of H-pyrrole nitrogens is 1. The first-order chi connectivity index (χ1) is 9.56. The molecule has 0 fully saturated rings. The zero-order chi connectivity index (χ0) is 14.3. The Balaban J connectivity index is 2.30. The van der Waals surface area contributed by atoms with Gasteiger partial charge in [-0.25, -0.2) is 4.98 Å². The van der Waals surface area contributed by atoms with E-state index in [9.17, 15) is 9.90 Å². The Morgan fingerprint density at radius 3 is 2.80 bits per heavy atom. The molecule has 0 saturated heterocycles. The van der Waals surface area contributed by atoms with Crippen molar-refractivity contribution in [3.63, 3.8) is 0 Å². The molecule has 20 heavy (non-hydrogen) atoms. The minimum absolute atomic E-state index is 0.0872. The van der Waals surface area contributed by atoms with E-state index in [4.69, 9.17) is 0 Å². The molecule has 0 saturated carbocycles. The Morgan fingerprint density at radius 1 is 1.25 bits per heavy atom. The Labute approximate surface area is 123 Å². The maximum Gasteiger partial charge on any atom is 0.259 e. The van der Waals surface area contributed by atoms with Crippen LogP contribution in [0.25, 0.3) is 22.3 Å². The van der Waals surface area contributed by atoms with Crippen LogP contribution >= 0.6 is 15.9 Å². The van der Waals surface area contributed by atoms with Crippen LogP contribution in [0.1, 0.15) is 5.56 Å². The molecule has 4 nitrogen and oxygen atoms in total. The lowest BCUT2D eigenvalue weighted by Crippen LogP contribution is -2.09. The quantitative estimate of drug-likeness (QED) is 0.718. The fourth-order valence-corrected chi connectivity index (χ4v) is 2.41. The van der Waals surface area contributed by atoms with Gasteiger partial charge in [0.25, 0.3) is 5.56 Å². The average Bonchev–Trinajstić information content (AvgIpc) is 2.43. The van der Waals surface area contributed by atoms with Crippen molar-refractivity contribution >= 4 is 26.8 Å². The van der Waals surface area contributed by atoms with E-state index in [2.05, 4.69) is 25.9 Å². The molecule has 0 spiro atoms. The number of hydrogen-bond acceptors (Lipinski definition) is 3. The molecule has 0 bridgehead atoms. The molecule has 0 aliphatic carbocycles. The third kappa shape index (κ3) is 2.10. The fourth-order valence-electron chi connectivity index (χ4n) is 2.07. The first kappa shape index (κ1) is 12.9. The molecule has 0 radical (unpaired) electrons. The summed E-state index contributed by atoms with van der Waals surface area (Å²) >= 11 is 3.41. The van der Waals surface area contributed by atoms with E-state index in [-0.39, 0.29) is 11.3 Å². The Kier molecular flexibility index (Phi) is 3.06. The van der Waals surface area contributed by atoms with Crippen LogP contribution in [0, 0.1) is 6.92 Å². The van der Waals surface area contributed by atoms with E-state index >= 15 is 0 Å². The number of aryl methyl sites for hydroxylation is 1. The number of fused-ring (bicyclic) bond motifs is 1. The number of benzene rings is 2. The second-order valence-electron chi connectivity index (χ2n) is 4.55. The number of aromatic amines is 1. The number of halogens is 1. The van der Waals surface area contributed by atoms with Crippen LogP contribution < -0.4 is 5.56 Å². The summed E-state index contributed by atoms with van der Waals surface area (Å²) in [5, 5.41) is 10.6. The van der Waals surface area contributed by atoms with Gasteiger partial charge in [-0.2, -0.15) is 0 Å². The average molecular weight is 331 g/mol. The minimum Gasteiger partial charge on any atom is -0.507 e. The number of rotatable bonds is 1. The van der Waals surface area contributed by atoms with Gasteiger partial charge in [0, 0.05) is 4.47 Å². The van der Waals surface area contributed by atoms with Crippen LogP contribution in [0.3, 0.4) is 0 Å². The summed E-state index contributed by atoms with van der Waals surface area (Å²) in [7, 11) is 0. The molecule has 1 heterocycles. The van der Waals surface area contributed by atoms with Gasteiger partial charge >= 0.3 is 0 Å². The molecule has 0 aliphatic rings. The second kappa shape index (κ2) is 4.76. The molecule has 1 aromatic heterocycles. The summed E-state index contributed by atoms with van der Waals surface area (Å²) in [6.45, 7) is 1.88. The third-order valence-electron chi connectivity index (χ3n) is 3.14. The molecular weight excluding hydrogens is 320 g/mol. The van der Waals surface area contributed by atoms with Crippen molar-refractivity contribution in [3.8, 4) is 17.1 Å². The first-order valence-electron chi connectivity index (χ1n) is 6.05. The number of nitrogens with zero attached hydrogens (tertiary/aromatic N) is 1. The van der Waals surface area contributed by atoms with Crippen molar-refractivity contribution in [2.75, 3.05) is 0 Å². The van der Waals surface area contributed by atoms with Gasteiger partial charge in [0.2, 0.25) is 0 Å². The molecule has 2 N–H and O–H groups in total.